The molecule has 3 aromatic rings. The number of nitrogens with one attached hydrogen (secondary N) is 1. The van der Waals surface area contributed by atoms with Gasteiger partial charge in [0.1, 0.15) is 0 Å². The molecule has 2 aliphatic rings. The third-order valence-electron chi connectivity index (χ3n) is 5.35. The Morgan fingerprint density at radius 1 is 1.07 bits per heavy atom. The van der Waals surface area contributed by atoms with Crippen LogP contribution < -0.4 is 5.32 Å². The molecule has 28 heavy (non-hydrogen) atoms. The van der Waals surface area contributed by atoms with Gasteiger partial charge in [0.05, 0.1) is 10.6 Å². The average molecular weight is 416 g/mol. The van der Waals surface area contributed by atoms with Gasteiger partial charge in [-0.2, -0.15) is 0 Å². The summed E-state index contributed by atoms with van der Waals surface area (Å²) in [5.41, 5.74) is 0.907. The number of fused-ring (bicyclic) bond motifs is 2. The van der Waals surface area contributed by atoms with E-state index in [1.165, 1.54) is 6.42 Å². The molecule has 0 aliphatic carbocycles. The number of amides is 1. The summed E-state index contributed by atoms with van der Waals surface area (Å²) < 4.78 is 1.78. The molecule has 2 saturated heterocycles. The lowest BCUT2D eigenvalue weighted by Crippen LogP contribution is -2.39. The fourth-order valence-electron chi connectivity index (χ4n) is 3.99. The van der Waals surface area contributed by atoms with Crippen LogP contribution in [-0.4, -0.2) is 50.7 Å². The summed E-state index contributed by atoms with van der Waals surface area (Å²) in [6.45, 7) is 1.50. The van der Waals surface area contributed by atoms with Crippen LogP contribution in [0.1, 0.15) is 29.9 Å². The second kappa shape index (κ2) is 8.03. The molecule has 0 saturated carbocycles. The van der Waals surface area contributed by atoms with E-state index < -0.39 is 0 Å². The molecule has 6 nitrogen and oxygen atoms in total. The van der Waals surface area contributed by atoms with Crippen LogP contribution in [0.2, 0.25) is 0 Å². The molecule has 0 radical (unpaired) electrons. The summed E-state index contributed by atoms with van der Waals surface area (Å²) in [6, 6.07) is 14.8. The Balaban J connectivity index is 0.00000192. The zero-order valence-electron chi connectivity index (χ0n) is 15.3. The smallest absolute Gasteiger partial charge is 0.293 e. The van der Waals surface area contributed by atoms with Crippen LogP contribution in [-0.2, 0) is 0 Å². The standard InChI is InChI=1S/C20H21N5OS.ClH/c26-20(24-11-10-14-8-9-15(13-24)21-14)18-22-19(17-7-4-12-27-17)25(23-18)16-5-2-1-3-6-16;/h1-7,12,14-15,21H,8-11,13H2;1H. The highest BCUT2D eigenvalue weighted by molar-refractivity contribution is 7.13. The van der Waals surface area contributed by atoms with Crippen molar-refractivity contribution in [3.8, 4) is 16.4 Å². The maximum atomic E-state index is 13.2. The van der Waals surface area contributed by atoms with Gasteiger partial charge < -0.3 is 10.2 Å². The zero-order valence-corrected chi connectivity index (χ0v) is 17.0. The van der Waals surface area contributed by atoms with Crippen LogP contribution in [0.3, 0.4) is 0 Å². The van der Waals surface area contributed by atoms with Gasteiger partial charge in [0.25, 0.3) is 5.91 Å². The molecule has 2 unspecified atom stereocenters. The van der Waals surface area contributed by atoms with Gasteiger partial charge in [-0.3, -0.25) is 4.79 Å². The van der Waals surface area contributed by atoms with Gasteiger partial charge in [-0.15, -0.1) is 28.8 Å². The normalized spacial score (nSPS) is 21.2. The van der Waals surface area contributed by atoms with Crippen molar-refractivity contribution < 1.29 is 4.79 Å². The zero-order chi connectivity index (χ0) is 18.2. The number of rotatable bonds is 3. The summed E-state index contributed by atoms with van der Waals surface area (Å²) in [5.74, 6) is 0.922. The van der Waals surface area contributed by atoms with Crippen LogP contribution in [0.25, 0.3) is 16.4 Å². The highest BCUT2D eigenvalue weighted by Gasteiger charge is 2.33. The molecular weight excluding hydrogens is 394 g/mol. The lowest BCUT2D eigenvalue weighted by atomic mass is 10.1. The Hall–Kier alpha value is -2.22. The minimum Gasteiger partial charge on any atom is -0.334 e. The minimum absolute atomic E-state index is 0. The number of para-hydroxylation sites is 1. The number of carbonyl (C=O) groups is 1. The number of halogens is 1. The summed E-state index contributed by atoms with van der Waals surface area (Å²) >= 11 is 1.60. The van der Waals surface area contributed by atoms with Gasteiger partial charge in [-0.05, 0) is 42.8 Å². The largest absolute Gasteiger partial charge is 0.334 e. The van der Waals surface area contributed by atoms with Gasteiger partial charge >= 0.3 is 0 Å². The summed E-state index contributed by atoms with van der Waals surface area (Å²) in [6.07, 6.45) is 3.36. The topological polar surface area (TPSA) is 63.1 Å². The predicted octanol–water partition coefficient (Wildman–Crippen LogP) is 3.38. The molecule has 2 fully saturated rings. The van der Waals surface area contributed by atoms with Crippen molar-refractivity contribution in [2.75, 3.05) is 13.1 Å². The first-order valence-corrected chi connectivity index (χ1v) is 10.3. The van der Waals surface area contributed by atoms with Crippen molar-refractivity contribution in [1.29, 1.82) is 0 Å². The first-order chi connectivity index (χ1) is 13.3. The SMILES string of the molecule is Cl.O=C(c1nc(-c2cccs2)n(-c2ccccc2)n1)N1CCC2CCC(C1)N2. The Kier molecular flexibility index (Phi) is 5.48. The molecule has 2 aromatic heterocycles. The monoisotopic (exact) mass is 415 g/mol. The van der Waals surface area contributed by atoms with Crippen molar-refractivity contribution >= 4 is 29.7 Å². The van der Waals surface area contributed by atoms with Crippen molar-refractivity contribution in [3.63, 3.8) is 0 Å². The van der Waals surface area contributed by atoms with E-state index in [1.54, 1.807) is 16.0 Å². The predicted molar refractivity (Wildman–Crippen MR) is 112 cm³/mol. The van der Waals surface area contributed by atoms with E-state index in [9.17, 15) is 4.79 Å². The Morgan fingerprint density at radius 2 is 1.89 bits per heavy atom. The maximum Gasteiger partial charge on any atom is 0.293 e. The number of carbonyl (C=O) groups excluding carboxylic acids is 1. The van der Waals surface area contributed by atoms with Gasteiger partial charge in [-0.25, -0.2) is 9.67 Å². The molecule has 8 heteroatoms. The van der Waals surface area contributed by atoms with E-state index in [2.05, 4.69) is 15.4 Å². The molecule has 1 N–H and O–H groups in total. The molecule has 2 aliphatic heterocycles. The fourth-order valence-corrected chi connectivity index (χ4v) is 4.68. The van der Waals surface area contributed by atoms with Crippen molar-refractivity contribution in [3.05, 3.63) is 53.7 Å². The highest BCUT2D eigenvalue weighted by atomic mass is 35.5. The number of aromatic nitrogens is 3. The lowest BCUT2D eigenvalue weighted by molar-refractivity contribution is 0.0736. The van der Waals surface area contributed by atoms with Crippen molar-refractivity contribution in [1.82, 2.24) is 25.0 Å². The molecular formula is C20H22ClN5OS. The maximum absolute atomic E-state index is 13.2. The highest BCUT2D eigenvalue weighted by Crippen LogP contribution is 2.26. The second-order valence-electron chi connectivity index (χ2n) is 7.16. The van der Waals surface area contributed by atoms with Crippen LogP contribution >= 0.6 is 23.7 Å². The van der Waals surface area contributed by atoms with Crippen LogP contribution in [0, 0.1) is 0 Å². The molecule has 0 spiro atoms. The third-order valence-corrected chi connectivity index (χ3v) is 6.22. The van der Waals surface area contributed by atoms with Gasteiger partial charge in [-0.1, -0.05) is 24.3 Å². The first kappa shape index (κ1) is 19.1. The van der Waals surface area contributed by atoms with Gasteiger partial charge in [0, 0.05) is 25.2 Å². The Labute approximate surface area is 174 Å². The van der Waals surface area contributed by atoms with E-state index in [0.717, 1.165) is 36.5 Å². The molecule has 1 aromatic carbocycles. The molecule has 2 bridgehead atoms. The average Bonchev–Trinajstić information content (AvgIpc) is 3.41. The summed E-state index contributed by atoms with van der Waals surface area (Å²) in [7, 11) is 0. The van der Waals surface area contributed by atoms with Gasteiger partial charge in [0.2, 0.25) is 5.82 Å². The number of thiophene rings is 1. The molecule has 146 valence electrons. The van der Waals surface area contributed by atoms with E-state index in [1.807, 2.05) is 52.7 Å². The summed E-state index contributed by atoms with van der Waals surface area (Å²) in [5, 5.41) is 10.2. The first-order valence-electron chi connectivity index (χ1n) is 9.39. The lowest BCUT2D eigenvalue weighted by Gasteiger charge is -2.22. The minimum atomic E-state index is -0.0724. The van der Waals surface area contributed by atoms with E-state index >= 15 is 0 Å². The molecule has 4 heterocycles. The Bertz CT molecular complexity index is 943. The third kappa shape index (κ3) is 3.57. The van der Waals surface area contributed by atoms with Crippen LogP contribution in [0.15, 0.2) is 47.8 Å². The molecule has 5 rings (SSSR count). The number of likely N-dealkylation sites (tertiary alicyclic amines) is 1. The quantitative estimate of drug-likeness (QED) is 0.712. The number of nitrogens with zero attached hydrogens (tertiary/aromatic N) is 4. The van der Waals surface area contributed by atoms with Crippen LogP contribution in [0.4, 0.5) is 0 Å². The second-order valence-corrected chi connectivity index (χ2v) is 8.11. The van der Waals surface area contributed by atoms with E-state index in [-0.39, 0.29) is 24.1 Å². The summed E-state index contributed by atoms with van der Waals surface area (Å²) in [4.78, 5) is 20.7. The number of hydrogen-bond acceptors (Lipinski definition) is 5. The van der Waals surface area contributed by atoms with Crippen LogP contribution in [0.5, 0.6) is 0 Å². The van der Waals surface area contributed by atoms with Crippen molar-refractivity contribution in [2.24, 2.45) is 0 Å². The van der Waals surface area contributed by atoms with E-state index in [4.69, 9.17) is 0 Å². The fraction of sp³-hybridized carbons (Fsp3) is 0.350. The molecule has 2 atom stereocenters. The number of benzene rings is 1. The molecule has 1 amide bonds. The van der Waals surface area contributed by atoms with Gasteiger partial charge in [0.15, 0.2) is 5.82 Å². The Morgan fingerprint density at radius 3 is 2.68 bits per heavy atom. The van der Waals surface area contributed by atoms with Crippen molar-refractivity contribution in [2.45, 2.75) is 31.3 Å². The van der Waals surface area contributed by atoms with E-state index in [0.29, 0.717) is 17.9 Å². The number of hydrogen-bond donors (Lipinski definition) is 1.